The lowest BCUT2D eigenvalue weighted by Crippen LogP contribution is -2.10. The van der Waals surface area contributed by atoms with E-state index in [0.29, 0.717) is 24.1 Å². The van der Waals surface area contributed by atoms with Crippen LogP contribution >= 0.6 is 0 Å². The van der Waals surface area contributed by atoms with Crippen LogP contribution in [0.5, 0.6) is 0 Å². The Bertz CT molecular complexity index is 326. The molecular weight excluding hydrogens is 181 g/mol. The van der Waals surface area contributed by atoms with Crippen LogP contribution in [0.2, 0.25) is 0 Å². The summed E-state index contributed by atoms with van der Waals surface area (Å²) in [5, 5.41) is 0. The van der Waals surface area contributed by atoms with Gasteiger partial charge in [0.15, 0.2) is 5.82 Å². The molecule has 0 atom stereocenters. The van der Waals surface area contributed by atoms with Crippen LogP contribution in [0, 0.1) is 5.82 Å². The first kappa shape index (κ1) is 10.6. The first-order chi connectivity index (χ1) is 6.54. The van der Waals surface area contributed by atoms with Crippen molar-refractivity contribution in [2.75, 3.05) is 17.2 Å². The molecule has 3 nitrogen and oxygen atoms in total. The van der Waals surface area contributed by atoms with E-state index < -0.39 is 5.82 Å². The Hall–Kier alpha value is -1.45. The summed E-state index contributed by atoms with van der Waals surface area (Å²) in [4.78, 5) is 0. The summed E-state index contributed by atoms with van der Waals surface area (Å²) in [5.41, 5.74) is 18.8. The number of nitrogen functional groups attached to an aromatic ring is 3. The molecule has 0 saturated carbocycles. The summed E-state index contributed by atoms with van der Waals surface area (Å²) < 4.78 is 13.6. The van der Waals surface area contributed by atoms with Crippen molar-refractivity contribution in [2.45, 2.75) is 26.7 Å². The predicted molar refractivity (Wildman–Crippen MR) is 58.4 cm³/mol. The van der Waals surface area contributed by atoms with Gasteiger partial charge in [-0.25, -0.2) is 4.39 Å². The van der Waals surface area contributed by atoms with E-state index in [0.717, 1.165) is 5.56 Å². The highest BCUT2D eigenvalue weighted by Crippen LogP contribution is 2.33. The van der Waals surface area contributed by atoms with Crippen LogP contribution < -0.4 is 17.2 Å². The Morgan fingerprint density at radius 2 is 1.36 bits per heavy atom. The molecule has 6 N–H and O–H groups in total. The quantitative estimate of drug-likeness (QED) is 0.631. The SMILES string of the molecule is CCc1c(N)c(N)c(N)c(F)c1CC. The van der Waals surface area contributed by atoms with Crippen LogP contribution in [-0.2, 0) is 12.8 Å². The van der Waals surface area contributed by atoms with Crippen molar-refractivity contribution in [3.05, 3.63) is 16.9 Å². The number of rotatable bonds is 2. The molecule has 0 saturated heterocycles. The predicted octanol–water partition coefficient (Wildman–Crippen LogP) is 1.70. The molecule has 1 aromatic carbocycles. The molecular formula is C10H16FN3. The molecule has 0 aliphatic rings. The van der Waals surface area contributed by atoms with Crippen LogP contribution in [0.4, 0.5) is 21.5 Å². The molecule has 0 aliphatic carbocycles. The standard InChI is InChI=1S/C10H16FN3/c1-3-5-6(4-2)8(12)10(14)9(13)7(5)11/h3-4,12-14H2,1-2H3. The van der Waals surface area contributed by atoms with Gasteiger partial charge in [0.05, 0.1) is 17.1 Å². The Kier molecular flexibility index (Phi) is 2.84. The summed E-state index contributed by atoms with van der Waals surface area (Å²) in [7, 11) is 0. The lowest BCUT2D eigenvalue weighted by Gasteiger charge is -2.15. The van der Waals surface area contributed by atoms with Gasteiger partial charge in [-0.1, -0.05) is 13.8 Å². The summed E-state index contributed by atoms with van der Waals surface area (Å²) in [5.74, 6) is -0.420. The minimum atomic E-state index is -0.420. The van der Waals surface area contributed by atoms with E-state index in [-0.39, 0.29) is 11.4 Å². The van der Waals surface area contributed by atoms with E-state index in [1.165, 1.54) is 0 Å². The Labute approximate surface area is 83.1 Å². The van der Waals surface area contributed by atoms with Gasteiger partial charge >= 0.3 is 0 Å². The largest absolute Gasteiger partial charge is 0.397 e. The molecule has 4 heteroatoms. The second kappa shape index (κ2) is 3.74. The summed E-state index contributed by atoms with van der Waals surface area (Å²) in [6.45, 7) is 3.78. The van der Waals surface area contributed by atoms with Gasteiger partial charge in [0.25, 0.3) is 0 Å². The van der Waals surface area contributed by atoms with Crippen molar-refractivity contribution in [1.82, 2.24) is 0 Å². The highest BCUT2D eigenvalue weighted by Gasteiger charge is 2.16. The van der Waals surface area contributed by atoms with Crippen LogP contribution in [0.15, 0.2) is 0 Å². The topological polar surface area (TPSA) is 78.1 Å². The fourth-order valence-corrected chi connectivity index (χ4v) is 1.66. The Morgan fingerprint density at radius 1 is 0.857 bits per heavy atom. The third-order valence-electron chi connectivity index (χ3n) is 2.48. The lowest BCUT2D eigenvalue weighted by molar-refractivity contribution is 0.614. The number of hydrogen-bond acceptors (Lipinski definition) is 3. The van der Waals surface area contributed by atoms with Crippen molar-refractivity contribution >= 4 is 17.1 Å². The first-order valence-corrected chi connectivity index (χ1v) is 4.68. The van der Waals surface area contributed by atoms with Crippen molar-refractivity contribution < 1.29 is 4.39 Å². The lowest BCUT2D eigenvalue weighted by atomic mass is 9.98. The number of nitrogens with two attached hydrogens (primary N) is 3. The molecule has 0 amide bonds. The molecule has 0 radical (unpaired) electrons. The van der Waals surface area contributed by atoms with Gasteiger partial charge in [-0.2, -0.15) is 0 Å². The van der Waals surface area contributed by atoms with Gasteiger partial charge in [0.1, 0.15) is 0 Å². The molecule has 0 unspecified atom stereocenters. The Balaban J connectivity index is 3.57. The molecule has 0 fully saturated rings. The van der Waals surface area contributed by atoms with Gasteiger partial charge in [-0.3, -0.25) is 0 Å². The van der Waals surface area contributed by atoms with Crippen LogP contribution in [0.3, 0.4) is 0 Å². The number of anilines is 3. The minimum absolute atomic E-state index is 0.0310. The average molecular weight is 197 g/mol. The smallest absolute Gasteiger partial charge is 0.151 e. The maximum Gasteiger partial charge on any atom is 0.151 e. The zero-order valence-corrected chi connectivity index (χ0v) is 8.52. The molecule has 1 rings (SSSR count). The van der Waals surface area contributed by atoms with E-state index in [4.69, 9.17) is 17.2 Å². The molecule has 78 valence electrons. The van der Waals surface area contributed by atoms with Crippen molar-refractivity contribution in [1.29, 1.82) is 0 Å². The summed E-state index contributed by atoms with van der Waals surface area (Å²) in [6, 6.07) is 0. The molecule has 0 heterocycles. The van der Waals surface area contributed by atoms with Crippen molar-refractivity contribution in [3.63, 3.8) is 0 Å². The van der Waals surface area contributed by atoms with Crippen LogP contribution in [0.25, 0.3) is 0 Å². The average Bonchev–Trinajstić information content (AvgIpc) is 2.20. The molecule has 1 aromatic rings. The third kappa shape index (κ3) is 1.36. The Morgan fingerprint density at radius 3 is 1.79 bits per heavy atom. The molecule has 14 heavy (non-hydrogen) atoms. The van der Waals surface area contributed by atoms with Gasteiger partial charge in [0, 0.05) is 0 Å². The molecule has 0 aliphatic heterocycles. The maximum absolute atomic E-state index is 13.6. The molecule has 0 bridgehead atoms. The normalized spacial score (nSPS) is 10.5. The highest BCUT2D eigenvalue weighted by atomic mass is 19.1. The second-order valence-corrected chi connectivity index (χ2v) is 3.22. The zero-order chi connectivity index (χ0) is 10.9. The van der Waals surface area contributed by atoms with Crippen LogP contribution in [-0.4, -0.2) is 0 Å². The second-order valence-electron chi connectivity index (χ2n) is 3.22. The van der Waals surface area contributed by atoms with E-state index >= 15 is 0 Å². The monoisotopic (exact) mass is 197 g/mol. The number of hydrogen-bond donors (Lipinski definition) is 3. The van der Waals surface area contributed by atoms with Gasteiger partial charge in [-0.05, 0) is 24.0 Å². The number of halogens is 1. The van der Waals surface area contributed by atoms with E-state index in [2.05, 4.69) is 0 Å². The van der Waals surface area contributed by atoms with Crippen molar-refractivity contribution in [2.24, 2.45) is 0 Å². The van der Waals surface area contributed by atoms with E-state index in [1.807, 2.05) is 13.8 Å². The zero-order valence-electron chi connectivity index (χ0n) is 8.52. The third-order valence-corrected chi connectivity index (χ3v) is 2.48. The van der Waals surface area contributed by atoms with E-state index in [9.17, 15) is 4.39 Å². The van der Waals surface area contributed by atoms with Gasteiger partial charge in [-0.15, -0.1) is 0 Å². The molecule has 0 aromatic heterocycles. The number of benzene rings is 1. The summed E-state index contributed by atoms with van der Waals surface area (Å²) in [6.07, 6.45) is 1.24. The first-order valence-electron chi connectivity index (χ1n) is 4.68. The molecule has 0 spiro atoms. The fourth-order valence-electron chi connectivity index (χ4n) is 1.66. The minimum Gasteiger partial charge on any atom is -0.397 e. The van der Waals surface area contributed by atoms with Crippen LogP contribution in [0.1, 0.15) is 25.0 Å². The highest BCUT2D eigenvalue weighted by molar-refractivity contribution is 5.81. The summed E-state index contributed by atoms with van der Waals surface area (Å²) >= 11 is 0. The van der Waals surface area contributed by atoms with Gasteiger partial charge in [0.2, 0.25) is 0 Å². The maximum atomic E-state index is 13.6. The fraction of sp³-hybridized carbons (Fsp3) is 0.400. The van der Waals surface area contributed by atoms with Gasteiger partial charge < -0.3 is 17.2 Å². The van der Waals surface area contributed by atoms with E-state index in [1.54, 1.807) is 0 Å². The van der Waals surface area contributed by atoms with Crippen molar-refractivity contribution in [3.8, 4) is 0 Å².